The van der Waals surface area contributed by atoms with Gasteiger partial charge in [0.25, 0.3) is 5.69 Å². The Morgan fingerprint density at radius 3 is 2.50 bits per heavy atom. The van der Waals surface area contributed by atoms with Crippen LogP contribution in [0.1, 0.15) is 25.0 Å². The maximum Gasteiger partial charge on any atom is 0.274 e. The van der Waals surface area contributed by atoms with E-state index in [1.807, 2.05) is 13.8 Å². The lowest BCUT2D eigenvalue weighted by Crippen LogP contribution is -2.54. The number of hydrogen-bond donors (Lipinski definition) is 2. The predicted octanol–water partition coefficient (Wildman–Crippen LogP) is 2.48. The number of benzene rings is 2. The molecule has 0 aliphatic carbocycles. The smallest absolute Gasteiger partial charge is 0.274 e. The normalized spacial score (nSPS) is 28.4. The number of fused-ring (bicyclic) bond motifs is 4. The van der Waals surface area contributed by atoms with E-state index in [0.29, 0.717) is 16.8 Å². The number of nitro groups is 1. The Kier molecular flexibility index (Phi) is 4.26. The zero-order chi connectivity index (χ0) is 22.9. The van der Waals surface area contributed by atoms with Crippen molar-refractivity contribution in [3.8, 4) is 0 Å². The molecule has 5 rings (SSSR count). The first-order valence-electron chi connectivity index (χ1n) is 10.5. The Hall–Kier alpha value is -3.59. The minimum Gasteiger partial charge on any atom is -0.324 e. The molecule has 9 nitrogen and oxygen atoms in total. The average Bonchev–Trinajstić information content (AvgIpc) is 3.34. The van der Waals surface area contributed by atoms with Gasteiger partial charge in [-0.15, -0.1) is 0 Å². The monoisotopic (exact) mass is 434 g/mol. The molecule has 2 saturated heterocycles. The SMILES string of the molecule is Cc1ccc(N2C(=O)[C@H]3[C@@H](C2=O)[C@@]2(N[C@H]3C(C)C)C(=O)Nc3ccccc32)cc1[N+](=O)[O-]. The van der Waals surface area contributed by atoms with Crippen molar-refractivity contribution in [1.29, 1.82) is 0 Å². The third kappa shape index (κ3) is 2.45. The maximum atomic E-state index is 13.8. The lowest BCUT2D eigenvalue weighted by Gasteiger charge is -2.30. The van der Waals surface area contributed by atoms with E-state index in [9.17, 15) is 24.5 Å². The number of amides is 3. The summed E-state index contributed by atoms with van der Waals surface area (Å²) in [4.78, 5) is 52.6. The molecular formula is C23H22N4O5. The number of nitro benzene ring substituents is 1. The molecule has 164 valence electrons. The third-order valence-corrected chi connectivity index (χ3v) is 6.92. The van der Waals surface area contributed by atoms with Crippen LogP contribution in [0.5, 0.6) is 0 Å². The van der Waals surface area contributed by atoms with E-state index < -0.39 is 40.2 Å². The Labute approximate surface area is 183 Å². The van der Waals surface area contributed by atoms with Crippen LogP contribution < -0.4 is 15.5 Å². The van der Waals surface area contributed by atoms with Crippen LogP contribution in [0.25, 0.3) is 0 Å². The molecule has 2 fully saturated rings. The minimum absolute atomic E-state index is 0.0357. The highest BCUT2D eigenvalue weighted by Crippen LogP contribution is 2.54. The molecule has 9 heteroatoms. The molecule has 32 heavy (non-hydrogen) atoms. The standard InChI is InChI=1S/C23H22N4O5/c1-11(2)19-17-18(23(25-19)14-6-4-5-7-15(14)24-22(23)30)21(29)26(20(17)28)13-9-8-12(3)16(10-13)27(31)32/h4-11,17-19,25H,1-3H3,(H,24,30)/t17-,18-,19-,23+/m0/s1. The highest BCUT2D eigenvalue weighted by molar-refractivity contribution is 6.25. The van der Waals surface area contributed by atoms with Crippen molar-refractivity contribution in [1.82, 2.24) is 5.32 Å². The van der Waals surface area contributed by atoms with Gasteiger partial charge in [0.15, 0.2) is 0 Å². The van der Waals surface area contributed by atoms with E-state index in [0.717, 1.165) is 4.90 Å². The fourth-order valence-corrected chi connectivity index (χ4v) is 5.45. The maximum absolute atomic E-state index is 13.8. The number of carbonyl (C=O) groups excluding carboxylic acids is 3. The number of nitrogens with zero attached hydrogens (tertiary/aromatic N) is 2. The number of carbonyl (C=O) groups is 3. The van der Waals surface area contributed by atoms with Crippen LogP contribution in [-0.4, -0.2) is 28.7 Å². The van der Waals surface area contributed by atoms with Crippen LogP contribution in [-0.2, 0) is 19.9 Å². The Morgan fingerprint density at radius 1 is 1.09 bits per heavy atom. The van der Waals surface area contributed by atoms with Gasteiger partial charge >= 0.3 is 0 Å². The molecule has 0 radical (unpaired) electrons. The molecule has 0 saturated carbocycles. The molecule has 3 amide bonds. The summed E-state index contributed by atoms with van der Waals surface area (Å²) in [5.41, 5.74) is 0.293. The van der Waals surface area contributed by atoms with Crippen molar-refractivity contribution in [3.05, 3.63) is 63.7 Å². The molecule has 3 aliphatic heterocycles. The molecule has 4 atom stereocenters. The number of hydrogen-bond acceptors (Lipinski definition) is 6. The molecule has 0 aromatic heterocycles. The topological polar surface area (TPSA) is 122 Å². The van der Waals surface area contributed by atoms with Gasteiger partial charge in [-0.05, 0) is 25.0 Å². The molecule has 0 bridgehead atoms. The van der Waals surface area contributed by atoms with Crippen LogP contribution in [0.15, 0.2) is 42.5 Å². The first-order chi connectivity index (χ1) is 15.2. The quantitative estimate of drug-likeness (QED) is 0.435. The summed E-state index contributed by atoms with van der Waals surface area (Å²) >= 11 is 0. The van der Waals surface area contributed by atoms with Crippen LogP contribution in [0.4, 0.5) is 17.1 Å². The lowest BCUT2D eigenvalue weighted by atomic mass is 9.76. The van der Waals surface area contributed by atoms with Crippen LogP contribution >= 0.6 is 0 Å². The van der Waals surface area contributed by atoms with E-state index in [1.165, 1.54) is 18.2 Å². The van der Waals surface area contributed by atoms with Gasteiger partial charge in [-0.2, -0.15) is 0 Å². The predicted molar refractivity (Wildman–Crippen MR) is 116 cm³/mol. The second-order valence-corrected chi connectivity index (χ2v) is 8.97. The summed E-state index contributed by atoms with van der Waals surface area (Å²) < 4.78 is 0. The van der Waals surface area contributed by atoms with Gasteiger partial charge in [0, 0.05) is 28.9 Å². The summed E-state index contributed by atoms with van der Waals surface area (Å²) in [6.07, 6.45) is 0. The molecule has 3 heterocycles. The first kappa shape index (κ1) is 20.3. The largest absolute Gasteiger partial charge is 0.324 e. The van der Waals surface area contributed by atoms with Crippen LogP contribution in [0.3, 0.4) is 0 Å². The van der Waals surface area contributed by atoms with Crippen molar-refractivity contribution in [2.24, 2.45) is 17.8 Å². The fraction of sp³-hybridized carbons (Fsp3) is 0.348. The number of imide groups is 1. The highest BCUT2D eigenvalue weighted by Gasteiger charge is 2.71. The van der Waals surface area contributed by atoms with E-state index in [4.69, 9.17) is 0 Å². The van der Waals surface area contributed by atoms with E-state index >= 15 is 0 Å². The fourth-order valence-electron chi connectivity index (χ4n) is 5.45. The zero-order valence-corrected chi connectivity index (χ0v) is 17.8. The molecule has 2 N–H and O–H groups in total. The van der Waals surface area contributed by atoms with Crippen molar-refractivity contribution in [2.75, 3.05) is 10.2 Å². The van der Waals surface area contributed by atoms with Crippen molar-refractivity contribution in [2.45, 2.75) is 32.4 Å². The lowest BCUT2D eigenvalue weighted by molar-refractivity contribution is -0.385. The van der Waals surface area contributed by atoms with Gasteiger partial charge in [-0.25, -0.2) is 4.90 Å². The second kappa shape index (κ2) is 6.70. The molecular weight excluding hydrogens is 412 g/mol. The third-order valence-electron chi connectivity index (χ3n) is 6.92. The van der Waals surface area contributed by atoms with E-state index in [1.54, 1.807) is 31.2 Å². The van der Waals surface area contributed by atoms with E-state index in [-0.39, 0.29) is 23.2 Å². The van der Waals surface area contributed by atoms with Crippen LogP contribution in [0, 0.1) is 34.8 Å². The van der Waals surface area contributed by atoms with Gasteiger partial charge < -0.3 is 5.32 Å². The number of para-hydroxylation sites is 1. The van der Waals surface area contributed by atoms with Gasteiger partial charge in [0.1, 0.15) is 5.54 Å². The number of aryl methyl sites for hydroxylation is 1. The molecule has 2 aromatic rings. The van der Waals surface area contributed by atoms with Crippen molar-refractivity contribution < 1.29 is 19.3 Å². The average molecular weight is 434 g/mol. The molecule has 3 aliphatic rings. The molecule has 1 spiro atoms. The van der Waals surface area contributed by atoms with Gasteiger partial charge in [-0.3, -0.25) is 29.8 Å². The van der Waals surface area contributed by atoms with E-state index in [2.05, 4.69) is 10.6 Å². The first-order valence-corrected chi connectivity index (χ1v) is 10.5. The molecule has 0 unspecified atom stereocenters. The van der Waals surface area contributed by atoms with Gasteiger partial charge in [0.2, 0.25) is 17.7 Å². The Balaban J connectivity index is 1.68. The summed E-state index contributed by atoms with van der Waals surface area (Å²) in [6, 6.07) is 11.0. The summed E-state index contributed by atoms with van der Waals surface area (Å²) in [7, 11) is 0. The highest BCUT2D eigenvalue weighted by atomic mass is 16.6. The number of anilines is 2. The van der Waals surface area contributed by atoms with Gasteiger partial charge in [0.05, 0.1) is 22.4 Å². The summed E-state index contributed by atoms with van der Waals surface area (Å²) in [5.74, 6) is -3.09. The zero-order valence-electron chi connectivity index (χ0n) is 17.8. The van der Waals surface area contributed by atoms with Gasteiger partial charge in [-0.1, -0.05) is 38.1 Å². The number of nitrogens with one attached hydrogen (secondary N) is 2. The number of rotatable bonds is 3. The Morgan fingerprint density at radius 2 is 1.81 bits per heavy atom. The molecule has 2 aromatic carbocycles. The minimum atomic E-state index is -1.37. The second-order valence-electron chi connectivity index (χ2n) is 8.97. The summed E-state index contributed by atoms with van der Waals surface area (Å²) in [6.45, 7) is 5.46. The van der Waals surface area contributed by atoms with Crippen LogP contribution in [0.2, 0.25) is 0 Å². The Bertz CT molecular complexity index is 1210. The van der Waals surface area contributed by atoms with Crippen molar-refractivity contribution in [3.63, 3.8) is 0 Å². The van der Waals surface area contributed by atoms with Crippen molar-refractivity contribution >= 4 is 34.8 Å². The summed E-state index contributed by atoms with van der Waals surface area (Å²) in [5, 5.41) is 17.6.